The van der Waals surface area contributed by atoms with Crippen LogP contribution in [0, 0.1) is 0 Å². The zero-order valence-electron chi connectivity index (χ0n) is 11.8. The van der Waals surface area contributed by atoms with E-state index in [1.165, 1.54) is 7.05 Å². The van der Waals surface area contributed by atoms with E-state index in [9.17, 15) is 18.0 Å². The molecule has 0 aliphatic rings. The lowest BCUT2D eigenvalue weighted by Crippen LogP contribution is -2.41. The lowest BCUT2D eigenvalue weighted by atomic mass is 10.3. The number of halogens is 4. The molecule has 0 spiro atoms. The van der Waals surface area contributed by atoms with Gasteiger partial charge in [0.05, 0.1) is 10.6 Å². The minimum Gasteiger partial charge on any atom is -0.409 e. The Morgan fingerprint density at radius 3 is 2.52 bits per heavy atom. The molecule has 1 aromatic heterocycles. The molecule has 0 unspecified atom stereocenters. The van der Waals surface area contributed by atoms with Crippen LogP contribution >= 0.6 is 11.6 Å². The molecule has 0 radical (unpaired) electrons. The van der Waals surface area contributed by atoms with E-state index in [0.717, 1.165) is 11.1 Å². The summed E-state index contributed by atoms with van der Waals surface area (Å²) >= 11 is 5.78. The SMILES string of the molecule is CN(NC(=O)Oc1ccccc1)c1ncc(C(F)(F)F)cc1Cl. The van der Waals surface area contributed by atoms with E-state index >= 15 is 0 Å². The molecule has 0 aliphatic heterocycles. The highest BCUT2D eigenvalue weighted by Gasteiger charge is 2.32. The first-order valence-corrected chi connectivity index (χ1v) is 6.65. The van der Waals surface area contributed by atoms with Crippen LogP contribution in [0.1, 0.15) is 5.56 Å². The maximum absolute atomic E-state index is 12.6. The number of nitrogens with zero attached hydrogens (tertiary/aromatic N) is 2. The average molecular weight is 346 g/mol. The van der Waals surface area contributed by atoms with Gasteiger partial charge in [-0.25, -0.2) is 15.2 Å². The lowest BCUT2D eigenvalue weighted by Gasteiger charge is -2.20. The van der Waals surface area contributed by atoms with Gasteiger partial charge in [0.2, 0.25) is 0 Å². The largest absolute Gasteiger partial charge is 0.431 e. The fraction of sp³-hybridized carbons (Fsp3) is 0.143. The van der Waals surface area contributed by atoms with E-state index in [1.807, 2.05) is 0 Å². The number of hydrogen-bond acceptors (Lipinski definition) is 4. The zero-order chi connectivity index (χ0) is 17.0. The van der Waals surface area contributed by atoms with Gasteiger partial charge in [-0.2, -0.15) is 13.2 Å². The van der Waals surface area contributed by atoms with Gasteiger partial charge in [0, 0.05) is 13.2 Å². The summed E-state index contributed by atoms with van der Waals surface area (Å²) in [6.07, 6.45) is -4.76. The van der Waals surface area contributed by atoms with Crippen molar-refractivity contribution in [2.45, 2.75) is 6.18 Å². The van der Waals surface area contributed by atoms with E-state index in [1.54, 1.807) is 30.3 Å². The average Bonchev–Trinajstić information content (AvgIpc) is 2.46. The predicted molar refractivity (Wildman–Crippen MR) is 78.3 cm³/mol. The molecule has 9 heteroatoms. The van der Waals surface area contributed by atoms with Crippen LogP contribution < -0.4 is 15.2 Å². The summed E-state index contributed by atoms with van der Waals surface area (Å²) in [6, 6.07) is 8.99. The van der Waals surface area contributed by atoms with Crippen LogP contribution in [0.25, 0.3) is 0 Å². The fourth-order valence-electron chi connectivity index (χ4n) is 1.64. The number of hydrogen-bond donors (Lipinski definition) is 1. The van der Waals surface area contributed by atoms with Gasteiger partial charge in [-0.1, -0.05) is 29.8 Å². The Morgan fingerprint density at radius 2 is 1.96 bits per heavy atom. The quantitative estimate of drug-likeness (QED) is 0.857. The molecule has 0 atom stereocenters. The number of amides is 1. The minimum absolute atomic E-state index is 0.0512. The summed E-state index contributed by atoms with van der Waals surface area (Å²) in [6.45, 7) is 0. The van der Waals surface area contributed by atoms with Gasteiger partial charge in [0.25, 0.3) is 0 Å². The third-order valence-corrected chi connectivity index (χ3v) is 2.96. The standard InChI is InChI=1S/C14H11ClF3N3O2/c1-21(20-13(22)23-10-5-3-2-4-6-10)12-11(15)7-9(8-19-12)14(16,17)18/h2-8H,1H3,(H,20,22). The van der Waals surface area contributed by atoms with Gasteiger partial charge in [0.1, 0.15) is 5.75 Å². The Balaban J connectivity index is 2.06. The Kier molecular flexibility index (Phi) is 4.95. The number of benzene rings is 1. The van der Waals surface area contributed by atoms with Crippen molar-refractivity contribution >= 4 is 23.5 Å². The van der Waals surface area contributed by atoms with Crippen molar-refractivity contribution in [3.05, 3.63) is 53.2 Å². The van der Waals surface area contributed by atoms with Crippen molar-refractivity contribution in [2.75, 3.05) is 12.1 Å². The third kappa shape index (κ3) is 4.49. The first-order valence-electron chi connectivity index (χ1n) is 6.27. The number of hydrazine groups is 1. The number of carbonyl (C=O) groups is 1. The topological polar surface area (TPSA) is 54.5 Å². The minimum atomic E-state index is -4.55. The van der Waals surface area contributed by atoms with E-state index in [2.05, 4.69) is 10.4 Å². The highest BCUT2D eigenvalue weighted by atomic mass is 35.5. The Labute approximate surface area is 134 Å². The molecule has 0 fully saturated rings. The molecule has 1 aromatic carbocycles. The normalized spacial score (nSPS) is 11.0. The van der Waals surface area contributed by atoms with Crippen LogP contribution in [0.3, 0.4) is 0 Å². The van der Waals surface area contributed by atoms with Crippen LogP contribution in [0.15, 0.2) is 42.6 Å². The van der Waals surface area contributed by atoms with Crippen molar-refractivity contribution in [3.63, 3.8) is 0 Å². The molecule has 0 aliphatic carbocycles. The number of para-hydroxylation sites is 1. The predicted octanol–water partition coefficient (Wildman–Crippen LogP) is 3.89. The van der Waals surface area contributed by atoms with Crippen LogP contribution in [-0.2, 0) is 6.18 Å². The van der Waals surface area contributed by atoms with Gasteiger partial charge in [0.15, 0.2) is 5.82 Å². The summed E-state index contributed by atoms with van der Waals surface area (Å²) in [7, 11) is 1.37. The Hall–Kier alpha value is -2.48. The Bertz CT molecular complexity index is 695. The number of ether oxygens (including phenoxy) is 1. The second kappa shape index (κ2) is 6.74. The van der Waals surface area contributed by atoms with Crippen molar-refractivity contribution in [2.24, 2.45) is 0 Å². The molecule has 0 saturated heterocycles. The molecule has 0 saturated carbocycles. The molecule has 1 amide bonds. The molecule has 2 rings (SSSR count). The number of aromatic nitrogens is 1. The maximum Gasteiger partial charge on any atom is 0.431 e. The molecule has 5 nitrogen and oxygen atoms in total. The van der Waals surface area contributed by atoms with Gasteiger partial charge < -0.3 is 4.74 Å². The molecule has 1 N–H and O–H groups in total. The number of pyridine rings is 1. The Morgan fingerprint density at radius 1 is 1.30 bits per heavy atom. The summed E-state index contributed by atoms with van der Waals surface area (Å²) in [5.41, 5.74) is 1.31. The van der Waals surface area contributed by atoms with Crippen LogP contribution in [0.2, 0.25) is 5.02 Å². The molecule has 2 aromatic rings. The van der Waals surface area contributed by atoms with Crippen LogP contribution in [0.4, 0.5) is 23.8 Å². The molecule has 122 valence electrons. The summed E-state index contributed by atoms with van der Waals surface area (Å²) in [5, 5.41) is 0.802. The number of carbonyl (C=O) groups excluding carboxylic acids is 1. The lowest BCUT2D eigenvalue weighted by molar-refractivity contribution is -0.137. The second-order valence-electron chi connectivity index (χ2n) is 4.40. The monoisotopic (exact) mass is 345 g/mol. The van der Waals surface area contributed by atoms with E-state index in [4.69, 9.17) is 16.3 Å². The first-order chi connectivity index (χ1) is 10.8. The van der Waals surface area contributed by atoms with Gasteiger partial charge in [-0.3, -0.25) is 5.01 Å². The number of alkyl halides is 3. The van der Waals surface area contributed by atoms with E-state index in [-0.39, 0.29) is 10.8 Å². The summed E-state index contributed by atoms with van der Waals surface area (Å²) in [4.78, 5) is 15.3. The van der Waals surface area contributed by atoms with Crippen LogP contribution in [0.5, 0.6) is 5.75 Å². The third-order valence-electron chi connectivity index (χ3n) is 2.68. The second-order valence-corrected chi connectivity index (χ2v) is 4.81. The van der Waals surface area contributed by atoms with Gasteiger partial charge in [-0.05, 0) is 18.2 Å². The smallest absolute Gasteiger partial charge is 0.409 e. The van der Waals surface area contributed by atoms with Gasteiger partial charge >= 0.3 is 12.3 Å². The highest BCUT2D eigenvalue weighted by molar-refractivity contribution is 6.33. The van der Waals surface area contributed by atoms with Crippen molar-refractivity contribution in [3.8, 4) is 5.75 Å². The molecular weight excluding hydrogens is 335 g/mol. The van der Waals surface area contributed by atoms with E-state index < -0.39 is 17.8 Å². The molecule has 0 bridgehead atoms. The van der Waals surface area contributed by atoms with Gasteiger partial charge in [-0.15, -0.1) is 0 Å². The first kappa shape index (κ1) is 16.9. The fourth-order valence-corrected chi connectivity index (χ4v) is 1.93. The summed E-state index contributed by atoms with van der Waals surface area (Å²) in [5.74, 6) is 0.259. The molecule has 23 heavy (non-hydrogen) atoms. The number of rotatable bonds is 3. The maximum atomic E-state index is 12.6. The van der Waals surface area contributed by atoms with Crippen molar-refractivity contribution in [1.82, 2.24) is 10.4 Å². The van der Waals surface area contributed by atoms with Crippen LogP contribution in [-0.4, -0.2) is 18.1 Å². The number of nitrogens with one attached hydrogen (secondary N) is 1. The summed E-state index contributed by atoms with van der Waals surface area (Å²) < 4.78 is 42.6. The highest BCUT2D eigenvalue weighted by Crippen LogP contribution is 2.32. The molecular formula is C14H11ClF3N3O2. The molecule has 1 heterocycles. The zero-order valence-corrected chi connectivity index (χ0v) is 12.5. The van der Waals surface area contributed by atoms with Crippen molar-refractivity contribution < 1.29 is 22.7 Å². The number of anilines is 1. The van der Waals surface area contributed by atoms with Crippen molar-refractivity contribution in [1.29, 1.82) is 0 Å². The van der Waals surface area contributed by atoms with E-state index in [0.29, 0.717) is 11.9 Å².